The van der Waals surface area contributed by atoms with Gasteiger partial charge < -0.3 is 10.6 Å². The van der Waals surface area contributed by atoms with E-state index in [-0.39, 0.29) is 12.6 Å². The normalized spacial score (nSPS) is 21.6. The molecule has 17 heavy (non-hydrogen) atoms. The molecule has 2 N–H and O–H groups in total. The first-order valence-corrected chi connectivity index (χ1v) is 5.21. The van der Waals surface area contributed by atoms with Gasteiger partial charge in [0.25, 0.3) is 5.91 Å². The lowest BCUT2D eigenvalue weighted by atomic mass is 10.1. The molecule has 1 amide bonds. The number of hydrogen-bond acceptors (Lipinski definition) is 2. The van der Waals surface area contributed by atoms with Gasteiger partial charge in [0.2, 0.25) is 0 Å². The molecule has 3 nitrogen and oxygen atoms in total. The maximum absolute atomic E-state index is 12.5. The van der Waals surface area contributed by atoms with Gasteiger partial charge in [0, 0.05) is 12.6 Å². The summed E-state index contributed by atoms with van der Waals surface area (Å²) in [6, 6.07) is 0.0785. The Kier molecular flexibility index (Phi) is 4.29. The fourth-order valence-corrected chi connectivity index (χ4v) is 1.60. The van der Waals surface area contributed by atoms with Crippen LogP contribution in [0.25, 0.3) is 0 Å². The molecular weight excluding hydrogens is 247 g/mol. The summed E-state index contributed by atoms with van der Waals surface area (Å²) < 4.78 is 60.3. The highest BCUT2D eigenvalue weighted by Crippen LogP contribution is 2.35. The van der Waals surface area contributed by atoms with Crippen LogP contribution in [0, 0.1) is 0 Å². The van der Waals surface area contributed by atoms with Crippen LogP contribution in [-0.4, -0.2) is 37.1 Å². The SMILES string of the molecule is O=C(NCC[C@@H]1CCCN1)C(F)(F)C(F)(F)F. The summed E-state index contributed by atoms with van der Waals surface area (Å²) in [6.45, 7) is 0.611. The summed E-state index contributed by atoms with van der Waals surface area (Å²) in [6.07, 6.45) is -3.72. The van der Waals surface area contributed by atoms with Crippen molar-refractivity contribution in [3.05, 3.63) is 0 Å². The molecule has 8 heteroatoms. The molecule has 0 unspecified atom stereocenters. The number of hydrogen-bond donors (Lipinski definition) is 2. The van der Waals surface area contributed by atoms with E-state index >= 15 is 0 Å². The number of amides is 1. The molecule has 0 aromatic heterocycles. The zero-order chi connectivity index (χ0) is 13.1. The third kappa shape index (κ3) is 3.52. The minimum atomic E-state index is -5.84. The molecule has 0 aromatic carbocycles. The number of nitrogens with one attached hydrogen (secondary N) is 2. The summed E-state index contributed by atoms with van der Waals surface area (Å²) >= 11 is 0. The van der Waals surface area contributed by atoms with Gasteiger partial charge in [-0.1, -0.05) is 0 Å². The van der Waals surface area contributed by atoms with Crippen molar-refractivity contribution >= 4 is 5.91 Å². The Labute approximate surface area is 94.7 Å². The van der Waals surface area contributed by atoms with E-state index in [1.54, 1.807) is 5.32 Å². The van der Waals surface area contributed by atoms with Gasteiger partial charge in [-0.15, -0.1) is 0 Å². The molecule has 1 heterocycles. The van der Waals surface area contributed by atoms with E-state index in [4.69, 9.17) is 0 Å². The lowest BCUT2D eigenvalue weighted by Gasteiger charge is -2.19. The fourth-order valence-electron chi connectivity index (χ4n) is 1.60. The Morgan fingerprint density at radius 2 is 1.94 bits per heavy atom. The second-order valence-corrected chi connectivity index (χ2v) is 3.91. The zero-order valence-electron chi connectivity index (χ0n) is 8.91. The van der Waals surface area contributed by atoms with Crippen molar-refractivity contribution < 1.29 is 26.7 Å². The summed E-state index contributed by atoms with van der Waals surface area (Å²) in [4.78, 5) is 10.7. The highest BCUT2D eigenvalue weighted by Gasteiger charge is 2.63. The first-order valence-electron chi connectivity index (χ1n) is 5.21. The van der Waals surface area contributed by atoms with Crippen molar-refractivity contribution in [2.75, 3.05) is 13.1 Å². The van der Waals surface area contributed by atoms with Crippen LogP contribution in [0.1, 0.15) is 19.3 Å². The Morgan fingerprint density at radius 3 is 2.41 bits per heavy atom. The van der Waals surface area contributed by atoms with E-state index in [9.17, 15) is 26.7 Å². The van der Waals surface area contributed by atoms with Crippen LogP contribution in [0.5, 0.6) is 0 Å². The Morgan fingerprint density at radius 1 is 1.29 bits per heavy atom. The molecule has 1 aliphatic heterocycles. The molecule has 0 radical (unpaired) electrons. The number of carbonyl (C=O) groups is 1. The monoisotopic (exact) mass is 260 g/mol. The van der Waals surface area contributed by atoms with Gasteiger partial charge in [-0.2, -0.15) is 22.0 Å². The number of halogens is 5. The van der Waals surface area contributed by atoms with Crippen LogP contribution in [0.2, 0.25) is 0 Å². The van der Waals surface area contributed by atoms with Crippen molar-refractivity contribution in [1.82, 2.24) is 10.6 Å². The highest BCUT2D eigenvalue weighted by molar-refractivity contribution is 5.84. The first kappa shape index (κ1) is 14.1. The zero-order valence-corrected chi connectivity index (χ0v) is 8.91. The summed E-state index contributed by atoms with van der Waals surface area (Å²) in [5.41, 5.74) is 0. The van der Waals surface area contributed by atoms with Crippen LogP contribution in [-0.2, 0) is 4.79 Å². The van der Waals surface area contributed by atoms with Crippen molar-refractivity contribution in [3.63, 3.8) is 0 Å². The van der Waals surface area contributed by atoms with Crippen LogP contribution >= 0.6 is 0 Å². The van der Waals surface area contributed by atoms with E-state index in [2.05, 4.69) is 5.32 Å². The predicted molar refractivity (Wildman–Crippen MR) is 49.7 cm³/mol. The Hall–Kier alpha value is -0.920. The van der Waals surface area contributed by atoms with Crippen molar-refractivity contribution in [2.45, 2.75) is 37.4 Å². The maximum Gasteiger partial charge on any atom is 0.463 e. The van der Waals surface area contributed by atoms with E-state index in [1.165, 1.54) is 0 Å². The number of carbonyl (C=O) groups excluding carboxylic acids is 1. The standard InChI is InChI=1S/C9H13F5N2O/c10-8(11,9(12,13)14)7(17)16-5-3-6-2-1-4-15-6/h6,15H,1-5H2,(H,16,17)/t6-/m0/s1. The quantitative estimate of drug-likeness (QED) is 0.751. The summed E-state index contributed by atoms with van der Waals surface area (Å²) in [5.74, 6) is -7.61. The average Bonchev–Trinajstić information content (AvgIpc) is 2.68. The minimum Gasteiger partial charge on any atom is -0.350 e. The first-order chi connectivity index (χ1) is 7.75. The number of alkyl halides is 5. The molecule has 1 atom stereocenters. The van der Waals surface area contributed by atoms with E-state index in [0.29, 0.717) is 6.42 Å². The average molecular weight is 260 g/mol. The molecular formula is C9H13F5N2O. The molecule has 0 aliphatic carbocycles. The van der Waals surface area contributed by atoms with Crippen molar-refractivity contribution in [3.8, 4) is 0 Å². The molecule has 1 fully saturated rings. The van der Waals surface area contributed by atoms with Crippen LogP contribution in [0.3, 0.4) is 0 Å². The van der Waals surface area contributed by atoms with Gasteiger partial charge in [0.15, 0.2) is 0 Å². The number of rotatable bonds is 4. The Balaban J connectivity index is 2.33. The highest BCUT2D eigenvalue weighted by atomic mass is 19.4. The molecule has 0 spiro atoms. The van der Waals surface area contributed by atoms with Gasteiger partial charge in [0.05, 0.1) is 0 Å². The van der Waals surface area contributed by atoms with Gasteiger partial charge >= 0.3 is 12.1 Å². The Bertz CT molecular complexity index is 273. The third-order valence-corrected chi connectivity index (χ3v) is 2.58. The summed E-state index contributed by atoms with van der Waals surface area (Å²) in [5, 5.41) is 4.65. The summed E-state index contributed by atoms with van der Waals surface area (Å²) in [7, 11) is 0. The van der Waals surface area contributed by atoms with E-state index in [0.717, 1.165) is 19.4 Å². The van der Waals surface area contributed by atoms with Crippen molar-refractivity contribution in [2.24, 2.45) is 0 Å². The van der Waals surface area contributed by atoms with Crippen LogP contribution in [0.15, 0.2) is 0 Å². The topological polar surface area (TPSA) is 41.1 Å². The lowest BCUT2D eigenvalue weighted by Crippen LogP contribution is -2.50. The van der Waals surface area contributed by atoms with Gasteiger partial charge in [-0.25, -0.2) is 0 Å². The molecule has 100 valence electrons. The fraction of sp³-hybridized carbons (Fsp3) is 0.889. The maximum atomic E-state index is 12.5. The smallest absolute Gasteiger partial charge is 0.350 e. The molecule has 1 aliphatic rings. The van der Waals surface area contributed by atoms with Crippen LogP contribution in [0.4, 0.5) is 22.0 Å². The molecule has 1 rings (SSSR count). The van der Waals surface area contributed by atoms with Gasteiger partial charge in [-0.05, 0) is 25.8 Å². The van der Waals surface area contributed by atoms with Crippen LogP contribution < -0.4 is 10.6 Å². The van der Waals surface area contributed by atoms with Crippen molar-refractivity contribution in [1.29, 1.82) is 0 Å². The minimum absolute atomic E-state index is 0.0785. The van der Waals surface area contributed by atoms with E-state index in [1.807, 2.05) is 0 Å². The van der Waals surface area contributed by atoms with E-state index < -0.39 is 18.0 Å². The largest absolute Gasteiger partial charge is 0.463 e. The van der Waals surface area contributed by atoms with Gasteiger partial charge in [-0.3, -0.25) is 4.79 Å². The molecule has 0 saturated carbocycles. The predicted octanol–water partition coefficient (Wildman–Crippen LogP) is 1.44. The second-order valence-electron chi connectivity index (χ2n) is 3.91. The second kappa shape index (κ2) is 5.16. The molecule has 0 bridgehead atoms. The molecule has 1 saturated heterocycles. The third-order valence-electron chi connectivity index (χ3n) is 2.58. The van der Waals surface area contributed by atoms with Gasteiger partial charge in [0.1, 0.15) is 0 Å². The lowest BCUT2D eigenvalue weighted by molar-refractivity contribution is -0.269. The molecule has 0 aromatic rings.